The first-order valence-electron chi connectivity index (χ1n) is 9.54. The molecule has 2 aliphatic carbocycles. The number of thioether (sulfide) groups is 1. The van der Waals surface area contributed by atoms with E-state index in [-0.39, 0.29) is 18.5 Å². The molecule has 7 heteroatoms. The number of amides is 1. The third kappa shape index (κ3) is 6.46. The molecule has 0 spiro atoms. The lowest BCUT2D eigenvalue weighted by molar-refractivity contribution is -0.140. The van der Waals surface area contributed by atoms with Crippen LogP contribution in [0.4, 0.5) is 0 Å². The summed E-state index contributed by atoms with van der Waals surface area (Å²) in [5.41, 5.74) is 0. The van der Waals surface area contributed by atoms with Crippen LogP contribution in [0.2, 0.25) is 0 Å². The van der Waals surface area contributed by atoms with Crippen LogP contribution in [0, 0.1) is 5.92 Å². The Morgan fingerprint density at radius 3 is 2.64 bits per heavy atom. The van der Waals surface area contributed by atoms with Gasteiger partial charge in [0.2, 0.25) is 5.91 Å². The summed E-state index contributed by atoms with van der Waals surface area (Å²) in [6.45, 7) is 1.88. The zero-order valence-electron chi connectivity index (χ0n) is 14.8. The number of nitrogens with zero attached hydrogens (tertiary/aromatic N) is 1. The summed E-state index contributed by atoms with van der Waals surface area (Å²) in [5.74, 6) is 1.41. The number of nitrogens with one attached hydrogen (secondary N) is 1. The molecular formula is C18H30N2O4S. The van der Waals surface area contributed by atoms with Gasteiger partial charge in [-0.1, -0.05) is 0 Å². The largest absolute Gasteiger partial charge is 0.480 e. The van der Waals surface area contributed by atoms with Crippen LogP contribution >= 0.6 is 11.8 Å². The lowest BCUT2D eigenvalue weighted by Gasteiger charge is -2.42. The van der Waals surface area contributed by atoms with Crippen LogP contribution in [0.1, 0.15) is 44.9 Å². The minimum Gasteiger partial charge on any atom is -0.480 e. The standard InChI is InChI=1S/C18H30N2O4S/c21-17(12-25-11-16-3-1-2-6-24-16)19-14-7-15(8-14)20(10-18(22)23)9-13-4-5-13/h13-16H,1-12H2,(H,19,21)(H,22,23). The number of carbonyl (C=O) groups excluding carboxylic acids is 1. The zero-order valence-corrected chi connectivity index (χ0v) is 15.6. The van der Waals surface area contributed by atoms with Crippen LogP contribution < -0.4 is 5.32 Å². The highest BCUT2D eigenvalue weighted by molar-refractivity contribution is 7.99. The summed E-state index contributed by atoms with van der Waals surface area (Å²) >= 11 is 1.65. The van der Waals surface area contributed by atoms with Gasteiger partial charge in [0, 0.05) is 31.0 Å². The van der Waals surface area contributed by atoms with E-state index in [1.807, 2.05) is 0 Å². The smallest absolute Gasteiger partial charge is 0.317 e. The summed E-state index contributed by atoms with van der Waals surface area (Å²) in [6, 6.07) is 0.518. The average Bonchev–Trinajstić information content (AvgIpc) is 3.34. The Kier molecular flexibility index (Phi) is 7.01. The fourth-order valence-corrected chi connectivity index (χ4v) is 4.56. The van der Waals surface area contributed by atoms with E-state index in [0.29, 0.717) is 23.8 Å². The molecule has 142 valence electrons. The number of carboxylic acids is 1. The monoisotopic (exact) mass is 370 g/mol. The highest BCUT2D eigenvalue weighted by Crippen LogP contribution is 2.33. The molecule has 3 fully saturated rings. The molecule has 0 aromatic rings. The quantitative estimate of drug-likeness (QED) is 0.610. The van der Waals surface area contributed by atoms with Gasteiger partial charge >= 0.3 is 5.97 Å². The highest BCUT2D eigenvalue weighted by atomic mass is 32.2. The number of ether oxygens (including phenoxy) is 1. The van der Waals surface area contributed by atoms with Gasteiger partial charge in [-0.05, 0) is 50.9 Å². The van der Waals surface area contributed by atoms with E-state index in [2.05, 4.69) is 10.2 Å². The van der Waals surface area contributed by atoms with E-state index < -0.39 is 5.97 Å². The van der Waals surface area contributed by atoms with Crippen molar-refractivity contribution in [2.75, 3.05) is 31.2 Å². The molecule has 6 nitrogen and oxygen atoms in total. The van der Waals surface area contributed by atoms with Gasteiger partial charge in [0.1, 0.15) is 0 Å². The number of carbonyl (C=O) groups is 2. The molecule has 1 atom stereocenters. The number of carboxylic acid groups (broad SMARTS) is 1. The molecule has 1 amide bonds. The van der Waals surface area contributed by atoms with Gasteiger partial charge in [0.15, 0.2) is 0 Å². The summed E-state index contributed by atoms with van der Waals surface area (Å²) in [7, 11) is 0. The van der Waals surface area contributed by atoms with Gasteiger partial charge in [-0.15, -0.1) is 11.8 Å². The second-order valence-corrected chi connectivity index (χ2v) is 8.69. The summed E-state index contributed by atoms with van der Waals surface area (Å²) < 4.78 is 5.68. The van der Waals surface area contributed by atoms with Crippen LogP contribution in [-0.4, -0.2) is 71.3 Å². The predicted octanol–water partition coefficient (Wildman–Crippen LogP) is 1.73. The first-order chi connectivity index (χ1) is 12.1. The summed E-state index contributed by atoms with van der Waals surface area (Å²) in [4.78, 5) is 25.2. The van der Waals surface area contributed by atoms with E-state index in [1.165, 1.54) is 19.3 Å². The molecule has 1 aliphatic heterocycles. The molecule has 0 bridgehead atoms. The maximum absolute atomic E-state index is 12.0. The van der Waals surface area contributed by atoms with Crippen molar-refractivity contribution in [2.24, 2.45) is 5.92 Å². The van der Waals surface area contributed by atoms with E-state index in [9.17, 15) is 9.59 Å². The predicted molar refractivity (Wildman–Crippen MR) is 97.8 cm³/mol. The molecule has 0 aromatic carbocycles. The number of rotatable bonds is 10. The van der Waals surface area contributed by atoms with Crippen molar-refractivity contribution >= 4 is 23.6 Å². The highest BCUT2D eigenvalue weighted by Gasteiger charge is 2.37. The van der Waals surface area contributed by atoms with Crippen LogP contribution in [0.25, 0.3) is 0 Å². The molecule has 2 saturated carbocycles. The zero-order chi connectivity index (χ0) is 17.6. The van der Waals surface area contributed by atoms with Crippen molar-refractivity contribution in [1.82, 2.24) is 10.2 Å². The van der Waals surface area contributed by atoms with Gasteiger partial charge in [0.05, 0.1) is 18.4 Å². The van der Waals surface area contributed by atoms with E-state index >= 15 is 0 Å². The van der Waals surface area contributed by atoms with Gasteiger partial charge in [-0.2, -0.15) is 0 Å². The van der Waals surface area contributed by atoms with Crippen LogP contribution in [0.3, 0.4) is 0 Å². The van der Waals surface area contributed by atoms with Crippen molar-refractivity contribution in [3.8, 4) is 0 Å². The lowest BCUT2D eigenvalue weighted by Crippen LogP contribution is -2.55. The Morgan fingerprint density at radius 2 is 2.00 bits per heavy atom. The minimum atomic E-state index is -0.755. The first-order valence-corrected chi connectivity index (χ1v) is 10.7. The Hall–Kier alpha value is -0.790. The molecule has 0 aromatic heterocycles. The van der Waals surface area contributed by atoms with Crippen LogP contribution in [0.15, 0.2) is 0 Å². The van der Waals surface area contributed by atoms with Crippen molar-refractivity contribution in [2.45, 2.75) is 63.1 Å². The maximum Gasteiger partial charge on any atom is 0.317 e. The fraction of sp³-hybridized carbons (Fsp3) is 0.889. The molecule has 1 unspecified atom stereocenters. The number of hydrogen-bond acceptors (Lipinski definition) is 5. The van der Waals surface area contributed by atoms with E-state index in [1.54, 1.807) is 11.8 Å². The SMILES string of the molecule is O=C(O)CN(CC1CC1)C1CC(NC(=O)CSCC2CCCCO2)C1. The Labute approximate surface area is 154 Å². The lowest BCUT2D eigenvalue weighted by atomic mass is 9.85. The second-order valence-electron chi connectivity index (χ2n) is 7.66. The topological polar surface area (TPSA) is 78.9 Å². The van der Waals surface area contributed by atoms with E-state index in [0.717, 1.165) is 44.6 Å². The van der Waals surface area contributed by atoms with Crippen molar-refractivity contribution < 1.29 is 19.4 Å². The first kappa shape index (κ1) is 19.0. The number of hydrogen-bond donors (Lipinski definition) is 2. The third-order valence-corrected chi connectivity index (χ3v) is 6.41. The molecular weight excluding hydrogens is 340 g/mol. The molecule has 3 rings (SSSR count). The van der Waals surface area contributed by atoms with E-state index in [4.69, 9.17) is 9.84 Å². The van der Waals surface area contributed by atoms with Crippen molar-refractivity contribution in [3.63, 3.8) is 0 Å². The summed E-state index contributed by atoms with van der Waals surface area (Å²) in [5, 5.41) is 12.2. The molecule has 25 heavy (non-hydrogen) atoms. The minimum absolute atomic E-state index is 0.0937. The van der Waals surface area contributed by atoms with Crippen LogP contribution in [-0.2, 0) is 14.3 Å². The third-order valence-electron chi connectivity index (χ3n) is 5.33. The Bertz CT molecular complexity index is 460. The summed E-state index contributed by atoms with van der Waals surface area (Å²) in [6.07, 6.45) is 8.02. The molecule has 0 radical (unpaired) electrons. The normalized spacial score (nSPS) is 29.2. The average molecular weight is 371 g/mol. The molecule has 1 heterocycles. The van der Waals surface area contributed by atoms with Gasteiger partial charge in [0.25, 0.3) is 0 Å². The van der Waals surface area contributed by atoms with Gasteiger partial charge < -0.3 is 15.2 Å². The maximum atomic E-state index is 12.0. The van der Waals surface area contributed by atoms with Gasteiger partial charge in [-0.3, -0.25) is 14.5 Å². The van der Waals surface area contributed by atoms with Crippen LogP contribution in [0.5, 0.6) is 0 Å². The molecule has 1 saturated heterocycles. The molecule has 2 N–H and O–H groups in total. The fourth-order valence-electron chi connectivity index (χ4n) is 3.64. The van der Waals surface area contributed by atoms with Crippen molar-refractivity contribution in [3.05, 3.63) is 0 Å². The Balaban J connectivity index is 1.29. The van der Waals surface area contributed by atoms with Gasteiger partial charge in [-0.25, -0.2) is 0 Å². The second kappa shape index (κ2) is 9.24. The number of aliphatic carboxylic acids is 1. The molecule has 3 aliphatic rings. The van der Waals surface area contributed by atoms with Crippen molar-refractivity contribution in [1.29, 1.82) is 0 Å². The Morgan fingerprint density at radius 1 is 1.20 bits per heavy atom.